The van der Waals surface area contributed by atoms with Crippen molar-refractivity contribution >= 4 is 35.4 Å². The number of aliphatic hydroxyl groups excluding tert-OH is 1. The van der Waals surface area contributed by atoms with Gasteiger partial charge in [-0.3, -0.25) is 19.2 Å². The standard InChI is InChI=1S/C27H31NO7S/c1-15-18(11-8-12-21(15)35-16(2)29)25(32)28-20(13-17-9-6-5-7-10-17)24(31)23(30)19-14-36-27(3,4)22(19)26(33)34/h5-12,19-20,22,24,31H,13-14H2,1-4H3,(H,28,32)(H,33,34). The normalized spacial score (nSPS) is 20.2. The number of hydrogen-bond donors (Lipinski definition) is 3. The van der Waals surface area contributed by atoms with E-state index in [0.717, 1.165) is 5.56 Å². The number of esters is 1. The van der Waals surface area contributed by atoms with Gasteiger partial charge in [0, 0.05) is 34.5 Å². The number of benzene rings is 2. The van der Waals surface area contributed by atoms with Crippen molar-refractivity contribution in [1.29, 1.82) is 0 Å². The number of Topliss-reactive ketones (excluding diaryl/α,β-unsaturated/α-hetero) is 1. The Labute approximate surface area is 214 Å². The molecule has 36 heavy (non-hydrogen) atoms. The van der Waals surface area contributed by atoms with Gasteiger partial charge in [0.05, 0.1) is 12.0 Å². The van der Waals surface area contributed by atoms with Gasteiger partial charge in [-0.2, -0.15) is 11.8 Å². The molecule has 4 atom stereocenters. The number of carbonyl (C=O) groups is 4. The maximum atomic E-state index is 13.4. The van der Waals surface area contributed by atoms with Crippen molar-refractivity contribution in [3.8, 4) is 5.75 Å². The smallest absolute Gasteiger partial charge is 0.308 e. The highest BCUT2D eigenvalue weighted by Crippen LogP contribution is 2.47. The van der Waals surface area contributed by atoms with E-state index in [4.69, 9.17) is 4.74 Å². The predicted octanol–water partition coefficient (Wildman–Crippen LogP) is 3.03. The van der Waals surface area contributed by atoms with Crippen molar-refractivity contribution in [2.24, 2.45) is 11.8 Å². The lowest BCUT2D eigenvalue weighted by Crippen LogP contribution is -2.51. The van der Waals surface area contributed by atoms with E-state index < -0.39 is 52.4 Å². The molecule has 8 nitrogen and oxygen atoms in total. The second-order valence-corrected chi connectivity index (χ2v) is 11.2. The summed E-state index contributed by atoms with van der Waals surface area (Å²) in [7, 11) is 0. The minimum atomic E-state index is -1.62. The number of aliphatic carboxylic acids is 1. The molecule has 1 aliphatic rings. The first-order chi connectivity index (χ1) is 16.9. The second-order valence-electron chi connectivity index (χ2n) is 9.48. The maximum absolute atomic E-state index is 13.4. The number of thioether (sulfide) groups is 1. The van der Waals surface area contributed by atoms with Crippen LogP contribution in [0.5, 0.6) is 5.75 Å². The molecule has 3 rings (SSSR count). The van der Waals surface area contributed by atoms with E-state index >= 15 is 0 Å². The Bertz CT molecular complexity index is 1150. The van der Waals surface area contributed by atoms with E-state index in [2.05, 4.69) is 5.32 Å². The number of amides is 1. The lowest BCUT2D eigenvalue weighted by atomic mass is 9.79. The molecule has 1 amide bonds. The average molecular weight is 514 g/mol. The van der Waals surface area contributed by atoms with E-state index in [1.165, 1.54) is 18.7 Å². The lowest BCUT2D eigenvalue weighted by molar-refractivity contribution is -0.149. The molecular weight excluding hydrogens is 482 g/mol. The molecule has 0 aliphatic carbocycles. The lowest BCUT2D eigenvalue weighted by Gasteiger charge is -2.29. The first kappa shape index (κ1) is 27.4. The first-order valence-electron chi connectivity index (χ1n) is 11.6. The van der Waals surface area contributed by atoms with Gasteiger partial charge in [-0.05, 0) is 44.9 Å². The van der Waals surface area contributed by atoms with Crippen LogP contribution in [0.2, 0.25) is 0 Å². The van der Waals surface area contributed by atoms with Crippen molar-refractivity contribution in [2.75, 3.05) is 5.75 Å². The zero-order valence-electron chi connectivity index (χ0n) is 20.7. The SMILES string of the molecule is CC(=O)Oc1cccc(C(=O)NC(Cc2ccccc2)C(O)C(=O)C2CSC(C)(C)C2C(=O)O)c1C. The molecule has 4 unspecified atom stereocenters. The number of ketones is 1. The van der Waals surface area contributed by atoms with Gasteiger partial charge in [0.2, 0.25) is 0 Å². The monoisotopic (exact) mass is 513 g/mol. The quantitative estimate of drug-likeness (QED) is 0.345. The van der Waals surface area contributed by atoms with Crippen molar-refractivity contribution < 1.29 is 34.1 Å². The number of ether oxygens (including phenoxy) is 1. The first-order valence-corrected chi connectivity index (χ1v) is 12.6. The Morgan fingerprint density at radius 2 is 1.78 bits per heavy atom. The maximum Gasteiger partial charge on any atom is 0.308 e. The Morgan fingerprint density at radius 1 is 1.11 bits per heavy atom. The molecule has 0 saturated carbocycles. The number of nitrogens with one attached hydrogen (secondary N) is 1. The molecule has 1 saturated heterocycles. The highest BCUT2D eigenvalue weighted by Gasteiger charge is 2.52. The Kier molecular flexibility index (Phi) is 8.58. The van der Waals surface area contributed by atoms with Crippen LogP contribution in [0.4, 0.5) is 0 Å². The summed E-state index contributed by atoms with van der Waals surface area (Å²) in [6.45, 7) is 6.45. The molecule has 0 radical (unpaired) electrons. The van der Waals surface area contributed by atoms with E-state index in [1.54, 1.807) is 39.0 Å². The van der Waals surface area contributed by atoms with Crippen LogP contribution in [0.25, 0.3) is 0 Å². The third-order valence-corrected chi connectivity index (χ3v) is 8.01. The summed E-state index contributed by atoms with van der Waals surface area (Å²) >= 11 is 1.38. The molecule has 192 valence electrons. The summed E-state index contributed by atoms with van der Waals surface area (Å²) in [5.41, 5.74) is 1.45. The molecular formula is C27H31NO7S. The summed E-state index contributed by atoms with van der Waals surface area (Å²) in [5, 5.41) is 23.7. The Balaban J connectivity index is 1.89. The number of carbonyl (C=O) groups excluding carboxylic acids is 3. The van der Waals surface area contributed by atoms with Crippen LogP contribution in [0.1, 0.15) is 42.3 Å². The van der Waals surface area contributed by atoms with Crippen molar-refractivity contribution in [3.63, 3.8) is 0 Å². The molecule has 1 aliphatic heterocycles. The van der Waals surface area contributed by atoms with Crippen LogP contribution in [0.15, 0.2) is 48.5 Å². The van der Waals surface area contributed by atoms with Crippen LogP contribution < -0.4 is 10.1 Å². The summed E-state index contributed by atoms with van der Waals surface area (Å²) in [6, 6.07) is 12.8. The third-order valence-electron chi connectivity index (χ3n) is 6.49. The number of carboxylic acids is 1. The largest absolute Gasteiger partial charge is 0.481 e. The van der Waals surface area contributed by atoms with E-state index in [9.17, 15) is 29.4 Å². The molecule has 0 aromatic heterocycles. The molecule has 1 fully saturated rings. The second kappa shape index (κ2) is 11.3. The molecule has 2 aromatic carbocycles. The topological polar surface area (TPSA) is 130 Å². The average Bonchev–Trinajstić information content (AvgIpc) is 3.14. The number of carboxylic acid groups (broad SMARTS) is 1. The summed E-state index contributed by atoms with van der Waals surface area (Å²) in [6.07, 6.45) is -1.46. The van der Waals surface area contributed by atoms with E-state index in [-0.39, 0.29) is 23.5 Å². The molecule has 3 N–H and O–H groups in total. The third kappa shape index (κ3) is 6.14. The highest BCUT2D eigenvalue weighted by molar-refractivity contribution is 8.01. The summed E-state index contributed by atoms with van der Waals surface area (Å²) in [4.78, 5) is 50.0. The fourth-order valence-electron chi connectivity index (χ4n) is 4.59. The zero-order valence-corrected chi connectivity index (χ0v) is 21.5. The molecule has 2 aromatic rings. The van der Waals surface area contributed by atoms with Crippen molar-refractivity contribution in [2.45, 2.75) is 51.0 Å². The number of aliphatic hydroxyl groups is 1. The van der Waals surface area contributed by atoms with Crippen molar-refractivity contribution in [3.05, 3.63) is 65.2 Å². The fourth-order valence-corrected chi connectivity index (χ4v) is 6.00. The van der Waals surface area contributed by atoms with Crippen LogP contribution in [-0.2, 0) is 20.8 Å². The fraction of sp³-hybridized carbons (Fsp3) is 0.407. The van der Waals surface area contributed by atoms with Crippen LogP contribution in [-0.4, -0.2) is 56.5 Å². The van der Waals surface area contributed by atoms with Gasteiger partial charge < -0.3 is 20.3 Å². The van der Waals surface area contributed by atoms with Gasteiger partial charge in [-0.25, -0.2) is 0 Å². The van der Waals surface area contributed by atoms with Crippen LogP contribution in [0.3, 0.4) is 0 Å². The molecule has 0 bridgehead atoms. The van der Waals surface area contributed by atoms with Gasteiger partial charge in [0.25, 0.3) is 5.91 Å². The number of hydrogen-bond acceptors (Lipinski definition) is 7. The minimum Gasteiger partial charge on any atom is -0.481 e. The molecule has 1 heterocycles. The summed E-state index contributed by atoms with van der Waals surface area (Å²) < 4.78 is 4.49. The van der Waals surface area contributed by atoms with Gasteiger partial charge in [0.15, 0.2) is 5.78 Å². The molecule has 9 heteroatoms. The zero-order chi connectivity index (χ0) is 26.6. The number of rotatable bonds is 9. The molecule has 0 spiro atoms. The van der Waals surface area contributed by atoms with E-state index in [1.807, 2.05) is 30.3 Å². The van der Waals surface area contributed by atoms with Gasteiger partial charge in [-0.15, -0.1) is 0 Å². The van der Waals surface area contributed by atoms with Gasteiger partial charge in [0.1, 0.15) is 11.9 Å². The Morgan fingerprint density at radius 3 is 2.39 bits per heavy atom. The van der Waals surface area contributed by atoms with Gasteiger partial charge in [-0.1, -0.05) is 36.4 Å². The minimum absolute atomic E-state index is 0.156. The Hall–Kier alpha value is -3.17. The van der Waals surface area contributed by atoms with Crippen LogP contribution in [0, 0.1) is 18.8 Å². The van der Waals surface area contributed by atoms with Crippen LogP contribution >= 0.6 is 11.8 Å². The van der Waals surface area contributed by atoms with E-state index in [0.29, 0.717) is 5.56 Å². The summed E-state index contributed by atoms with van der Waals surface area (Å²) in [5.74, 6) is -4.10. The highest BCUT2D eigenvalue weighted by atomic mass is 32.2. The van der Waals surface area contributed by atoms with Crippen molar-refractivity contribution in [1.82, 2.24) is 5.32 Å². The predicted molar refractivity (Wildman–Crippen MR) is 136 cm³/mol. The van der Waals surface area contributed by atoms with Gasteiger partial charge >= 0.3 is 11.9 Å².